The molecule has 0 radical (unpaired) electrons. The van der Waals surface area contributed by atoms with Gasteiger partial charge in [0, 0.05) is 26.9 Å². The predicted octanol–water partition coefficient (Wildman–Crippen LogP) is 7.29. The maximum Gasteiger partial charge on any atom is 0.244 e. The number of hydrogen-bond acceptors (Lipinski definition) is 9. The molecule has 0 aliphatic heterocycles. The van der Waals surface area contributed by atoms with Crippen LogP contribution in [0.15, 0.2) is 144 Å². The molecular formula is C41H39N5O5S3. The molecule has 0 aliphatic carbocycles. The molecule has 13 heteroatoms. The van der Waals surface area contributed by atoms with Gasteiger partial charge in [-0.3, -0.25) is 4.79 Å². The van der Waals surface area contributed by atoms with Gasteiger partial charge in [0.05, 0.1) is 53.5 Å². The number of aromatic nitrogens is 2. The van der Waals surface area contributed by atoms with E-state index >= 15 is 0 Å². The number of thiazole rings is 1. The van der Waals surface area contributed by atoms with Gasteiger partial charge in [-0.05, 0) is 65.6 Å². The third kappa shape index (κ3) is 7.96. The number of amides is 1. The number of sulfonamides is 1. The van der Waals surface area contributed by atoms with E-state index in [-0.39, 0.29) is 35.7 Å². The highest BCUT2D eigenvalue weighted by atomic mass is 32.2. The molecule has 2 atom stereocenters. The minimum absolute atomic E-state index is 0.0155. The summed E-state index contributed by atoms with van der Waals surface area (Å²) < 4.78 is 36.6. The molecule has 0 aliphatic rings. The minimum Gasteiger partial charge on any atom is -0.483 e. The quantitative estimate of drug-likeness (QED) is 0.0757. The zero-order valence-corrected chi connectivity index (χ0v) is 31.8. The van der Waals surface area contributed by atoms with E-state index in [0.29, 0.717) is 16.1 Å². The molecule has 276 valence electrons. The van der Waals surface area contributed by atoms with Crippen molar-refractivity contribution in [2.45, 2.75) is 36.0 Å². The number of aliphatic hydroxyl groups excluding tert-OH is 1. The summed E-state index contributed by atoms with van der Waals surface area (Å²) in [6.45, 7) is 3.62. The van der Waals surface area contributed by atoms with Crippen molar-refractivity contribution >= 4 is 59.7 Å². The number of nitrogens with zero attached hydrogens (tertiary/aromatic N) is 2. The van der Waals surface area contributed by atoms with Crippen LogP contribution in [-0.2, 0) is 32.6 Å². The van der Waals surface area contributed by atoms with Crippen LogP contribution in [0, 0.1) is 0 Å². The number of nitrogens with one attached hydrogen (secondary N) is 3. The van der Waals surface area contributed by atoms with Gasteiger partial charge in [-0.1, -0.05) is 78.9 Å². The Hall–Kier alpha value is -5.31. The Morgan fingerprint density at radius 3 is 2.33 bits per heavy atom. The number of rotatable bonds is 16. The van der Waals surface area contributed by atoms with E-state index in [1.165, 1.54) is 34.1 Å². The summed E-state index contributed by atoms with van der Waals surface area (Å²) in [5.41, 5.74) is 5.71. The maximum atomic E-state index is 14.5. The molecule has 10 nitrogen and oxygen atoms in total. The monoisotopic (exact) mass is 777 g/mol. The summed E-state index contributed by atoms with van der Waals surface area (Å²) in [6, 6.07) is 36.1. The highest BCUT2D eigenvalue weighted by molar-refractivity contribution is 7.89. The Bertz CT molecular complexity index is 2410. The zero-order chi connectivity index (χ0) is 37.7. The molecule has 1 unspecified atom stereocenters. The second-order valence-corrected chi connectivity index (χ2v) is 16.7. The Kier molecular flexibility index (Phi) is 11.2. The molecule has 1 amide bonds. The first kappa shape index (κ1) is 37.0. The average molecular weight is 778 g/mol. The van der Waals surface area contributed by atoms with E-state index in [1.807, 2.05) is 103 Å². The lowest BCUT2D eigenvalue weighted by Crippen LogP contribution is -2.47. The average Bonchev–Trinajstić information content (AvgIpc) is 3.97. The van der Waals surface area contributed by atoms with Gasteiger partial charge in [-0.15, -0.1) is 22.7 Å². The number of benzene rings is 4. The number of carbonyl (C=O) groups excluding carboxylic acids is 1. The molecule has 0 fully saturated rings. The van der Waals surface area contributed by atoms with Crippen molar-refractivity contribution in [2.75, 3.05) is 13.7 Å². The Morgan fingerprint density at radius 2 is 1.65 bits per heavy atom. The molecule has 3 heterocycles. The summed E-state index contributed by atoms with van der Waals surface area (Å²) in [7, 11) is -2.65. The van der Waals surface area contributed by atoms with Gasteiger partial charge in [0.25, 0.3) is 0 Å². The van der Waals surface area contributed by atoms with Gasteiger partial charge >= 0.3 is 0 Å². The van der Waals surface area contributed by atoms with Crippen LogP contribution in [0.5, 0.6) is 0 Å². The van der Waals surface area contributed by atoms with Crippen molar-refractivity contribution in [3.05, 3.63) is 166 Å². The van der Waals surface area contributed by atoms with Gasteiger partial charge in [0.2, 0.25) is 15.9 Å². The topological polar surface area (TPSA) is 137 Å². The molecule has 0 bridgehead atoms. The molecule has 0 spiro atoms. The lowest BCUT2D eigenvalue weighted by molar-refractivity contribution is -0.123. The molecule has 4 aromatic carbocycles. The molecule has 7 rings (SSSR count). The first-order valence-corrected chi connectivity index (χ1v) is 20.4. The number of aromatic amines is 1. The fraction of sp³-hybridized carbons (Fsp3) is 0.171. The van der Waals surface area contributed by atoms with Crippen molar-refractivity contribution in [1.29, 1.82) is 0 Å². The van der Waals surface area contributed by atoms with E-state index in [4.69, 9.17) is 4.74 Å². The Labute approximate surface area is 321 Å². The van der Waals surface area contributed by atoms with E-state index in [9.17, 15) is 18.3 Å². The zero-order valence-electron chi connectivity index (χ0n) is 29.4. The van der Waals surface area contributed by atoms with Crippen LogP contribution in [0.25, 0.3) is 21.1 Å². The van der Waals surface area contributed by atoms with Crippen LogP contribution >= 0.6 is 22.7 Å². The third-order valence-electron chi connectivity index (χ3n) is 9.28. The first-order chi connectivity index (χ1) is 26.2. The van der Waals surface area contributed by atoms with Crippen molar-refractivity contribution < 1.29 is 23.1 Å². The SMILES string of the molecule is C=C(N[C@H](C(=O)NCc1ccc(C(CO)N(Cc2cc3ccccc3[nH]2)S(=O)(=O)c2ccc3scnc3c2)s1)C(c1ccccc1)c1ccccc1)OC. The molecule has 54 heavy (non-hydrogen) atoms. The minimum atomic E-state index is -4.14. The van der Waals surface area contributed by atoms with Crippen molar-refractivity contribution in [3.63, 3.8) is 0 Å². The van der Waals surface area contributed by atoms with Crippen LogP contribution in [0.1, 0.15) is 38.5 Å². The number of fused-ring (bicyclic) bond motifs is 2. The predicted molar refractivity (Wildman–Crippen MR) is 214 cm³/mol. The van der Waals surface area contributed by atoms with Gasteiger partial charge in [0.1, 0.15) is 6.04 Å². The van der Waals surface area contributed by atoms with Crippen LogP contribution < -0.4 is 10.6 Å². The van der Waals surface area contributed by atoms with Crippen molar-refractivity contribution in [1.82, 2.24) is 24.9 Å². The third-order valence-corrected chi connectivity index (χ3v) is 13.1. The van der Waals surface area contributed by atoms with E-state index in [2.05, 4.69) is 27.2 Å². The molecular weight excluding hydrogens is 739 g/mol. The summed E-state index contributed by atoms with van der Waals surface area (Å²) in [5, 5.41) is 18.1. The van der Waals surface area contributed by atoms with E-state index < -0.39 is 28.7 Å². The fourth-order valence-electron chi connectivity index (χ4n) is 6.59. The fourth-order valence-corrected chi connectivity index (χ4v) is 9.97. The molecule has 4 N–H and O–H groups in total. The molecule has 3 aromatic heterocycles. The van der Waals surface area contributed by atoms with Gasteiger partial charge < -0.3 is 25.5 Å². The lowest BCUT2D eigenvalue weighted by atomic mass is 9.84. The smallest absolute Gasteiger partial charge is 0.244 e. The van der Waals surface area contributed by atoms with E-state index in [1.54, 1.807) is 23.7 Å². The van der Waals surface area contributed by atoms with Gasteiger partial charge in [-0.25, -0.2) is 13.4 Å². The maximum absolute atomic E-state index is 14.5. The highest BCUT2D eigenvalue weighted by Gasteiger charge is 2.35. The summed E-state index contributed by atoms with van der Waals surface area (Å²) in [4.78, 5) is 23.3. The second-order valence-electron chi connectivity index (χ2n) is 12.7. The Morgan fingerprint density at radius 1 is 0.944 bits per heavy atom. The lowest BCUT2D eigenvalue weighted by Gasteiger charge is -2.29. The van der Waals surface area contributed by atoms with Gasteiger partial charge in [-0.2, -0.15) is 4.31 Å². The van der Waals surface area contributed by atoms with Crippen LogP contribution in [0.4, 0.5) is 0 Å². The molecule has 7 aromatic rings. The van der Waals surface area contributed by atoms with Gasteiger partial charge in [0.15, 0.2) is 5.88 Å². The second kappa shape index (κ2) is 16.4. The van der Waals surface area contributed by atoms with Crippen molar-refractivity contribution in [2.24, 2.45) is 0 Å². The molecule has 0 saturated carbocycles. The Balaban J connectivity index is 1.17. The number of thiophene rings is 1. The highest BCUT2D eigenvalue weighted by Crippen LogP contribution is 2.35. The van der Waals surface area contributed by atoms with Crippen LogP contribution in [-0.4, -0.2) is 53.5 Å². The number of ether oxygens (including phenoxy) is 1. The number of methoxy groups -OCH3 is 1. The normalized spacial score (nSPS) is 13.0. The summed E-state index contributed by atoms with van der Waals surface area (Å²) in [5.74, 6) is -0.398. The van der Waals surface area contributed by atoms with Crippen LogP contribution in [0.3, 0.4) is 0 Å². The van der Waals surface area contributed by atoms with E-state index in [0.717, 1.165) is 31.6 Å². The summed E-state index contributed by atoms with van der Waals surface area (Å²) in [6.07, 6.45) is 0. The van der Waals surface area contributed by atoms with Crippen LogP contribution in [0.2, 0.25) is 0 Å². The first-order valence-electron chi connectivity index (χ1n) is 17.2. The number of hydrogen-bond donors (Lipinski definition) is 4. The number of para-hydroxylation sites is 1. The summed E-state index contributed by atoms with van der Waals surface area (Å²) >= 11 is 2.77. The number of carbonyl (C=O) groups is 1. The number of aliphatic hydroxyl groups is 1. The molecule has 0 saturated heterocycles. The standard InChI is InChI=1S/C41H39N5O5S3/c1-27(51-2)44-40(39(28-11-5-3-6-12-28)29-13-7-4-8-14-29)41(48)42-23-32-17-19-38(53-32)36(25-47)46(24-31-21-30-15-9-10-16-34(30)45-31)54(49,50)33-18-20-37-35(22-33)43-26-52-37/h3-22,26,36,39-40,44-45,47H,1,23-25H2,2H3,(H,42,48)/t36?,40-/m0/s1. The number of H-pyrrole nitrogens is 1. The largest absolute Gasteiger partial charge is 0.483 e. The van der Waals surface area contributed by atoms with Crippen molar-refractivity contribution in [3.8, 4) is 0 Å².